The molecule has 2 N–H and O–H groups in total. The Bertz CT molecular complexity index is 1450. The number of hydrogen-bond donors (Lipinski definition) is 2. The molecule has 0 aliphatic carbocycles. The highest BCUT2D eigenvalue weighted by atomic mass is 16.4. The molecule has 0 atom stereocenters. The van der Waals surface area contributed by atoms with Gasteiger partial charge in [-0.05, 0) is 37.5 Å². The molecule has 0 bridgehead atoms. The van der Waals surface area contributed by atoms with Crippen molar-refractivity contribution in [2.24, 2.45) is 0 Å². The molecule has 0 saturated carbocycles. The Kier molecular flexibility index (Phi) is 4.85. The average Bonchev–Trinajstić information content (AvgIpc) is 3.37. The number of oxazole rings is 1. The Balaban J connectivity index is 1.41. The molecule has 1 aliphatic heterocycles. The van der Waals surface area contributed by atoms with Crippen LogP contribution in [0.5, 0.6) is 0 Å². The van der Waals surface area contributed by atoms with Gasteiger partial charge in [-0.1, -0.05) is 0 Å². The number of benzene rings is 1. The number of piperidine rings is 1. The van der Waals surface area contributed by atoms with Gasteiger partial charge in [0.15, 0.2) is 11.3 Å². The van der Waals surface area contributed by atoms with Crippen LogP contribution in [0.2, 0.25) is 0 Å². The fraction of sp³-hybridized carbons (Fsp3) is 0.286. The second kappa shape index (κ2) is 7.84. The number of hydrogen-bond acceptors (Lipinski definition) is 6. The van der Waals surface area contributed by atoms with Crippen molar-refractivity contribution in [3.05, 3.63) is 63.3 Å². The van der Waals surface area contributed by atoms with Crippen LogP contribution in [0, 0.1) is 0 Å². The van der Waals surface area contributed by atoms with Crippen molar-refractivity contribution in [3.63, 3.8) is 0 Å². The summed E-state index contributed by atoms with van der Waals surface area (Å²) in [5.74, 6) is -1.29. The number of aromatic amines is 1. The van der Waals surface area contributed by atoms with Crippen molar-refractivity contribution in [1.29, 1.82) is 0 Å². The SMILES string of the molecule is O=C(Nc1ccc2oc(=O)n(CC(=O)N3CCCCC3)c2c1)c1cc2c(=O)[nH]ccn2n1. The Labute approximate surface area is 180 Å². The van der Waals surface area contributed by atoms with Crippen LogP contribution in [0.3, 0.4) is 0 Å². The summed E-state index contributed by atoms with van der Waals surface area (Å²) in [4.78, 5) is 53.7. The minimum absolute atomic E-state index is 0.0617. The van der Waals surface area contributed by atoms with Crippen molar-refractivity contribution >= 4 is 34.1 Å². The molecule has 4 heterocycles. The number of carbonyl (C=O) groups is 2. The lowest BCUT2D eigenvalue weighted by Gasteiger charge is -2.26. The number of carbonyl (C=O) groups excluding carboxylic acids is 2. The molecule has 11 nitrogen and oxygen atoms in total. The van der Waals surface area contributed by atoms with Gasteiger partial charge in [0.2, 0.25) is 5.91 Å². The van der Waals surface area contributed by atoms with Crippen molar-refractivity contribution in [1.82, 2.24) is 24.1 Å². The van der Waals surface area contributed by atoms with Gasteiger partial charge in [-0.15, -0.1) is 0 Å². The van der Waals surface area contributed by atoms with Crippen molar-refractivity contribution in [2.75, 3.05) is 18.4 Å². The lowest BCUT2D eigenvalue weighted by atomic mass is 10.1. The predicted molar refractivity (Wildman–Crippen MR) is 115 cm³/mol. The molecule has 1 aromatic carbocycles. The fourth-order valence-corrected chi connectivity index (χ4v) is 3.91. The summed E-state index contributed by atoms with van der Waals surface area (Å²) in [7, 11) is 0. The van der Waals surface area contributed by atoms with E-state index in [9.17, 15) is 19.2 Å². The maximum Gasteiger partial charge on any atom is 0.420 e. The van der Waals surface area contributed by atoms with E-state index < -0.39 is 11.7 Å². The van der Waals surface area contributed by atoms with Crippen LogP contribution in [0.15, 0.2) is 50.7 Å². The molecule has 4 aromatic rings. The van der Waals surface area contributed by atoms with Gasteiger partial charge in [-0.2, -0.15) is 5.10 Å². The number of amides is 2. The Hall–Kier alpha value is -4.15. The van der Waals surface area contributed by atoms with Gasteiger partial charge >= 0.3 is 5.76 Å². The zero-order valence-electron chi connectivity index (χ0n) is 17.0. The van der Waals surface area contributed by atoms with E-state index in [1.165, 1.54) is 27.5 Å². The third kappa shape index (κ3) is 3.57. The van der Waals surface area contributed by atoms with E-state index in [1.807, 2.05) is 0 Å². The first kappa shape index (κ1) is 19.8. The van der Waals surface area contributed by atoms with Crippen LogP contribution >= 0.6 is 0 Å². The molecular weight excluding hydrogens is 416 g/mol. The molecule has 3 aromatic heterocycles. The average molecular weight is 436 g/mol. The van der Waals surface area contributed by atoms with Gasteiger partial charge in [-0.3, -0.25) is 19.0 Å². The topological polar surface area (TPSA) is 135 Å². The smallest absolute Gasteiger partial charge is 0.408 e. The van der Waals surface area contributed by atoms with E-state index in [1.54, 1.807) is 23.1 Å². The largest absolute Gasteiger partial charge is 0.420 e. The van der Waals surface area contributed by atoms with Gasteiger partial charge in [0, 0.05) is 37.2 Å². The minimum Gasteiger partial charge on any atom is -0.408 e. The minimum atomic E-state index is -0.631. The van der Waals surface area contributed by atoms with E-state index >= 15 is 0 Å². The number of rotatable bonds is 4. The first-order valence-corrected chi connectivity index (χ1v) is 10.3. The monoisotopic (exact) mass is 436 g/mol. The number of nitrogens with one attached hydrogen (secondary N) is 2. The summed E-state index contributed by atoms with van der Waals surface area (Å²) < 4.78 is 7.84. The number of aromatic nitrogens is 4. The first-order chi connectivity index (χ1) is 15.5. The van der Waals surface area contributed by atoms with Crippen molar-refractivity contribution in [2.45, 2.75) is 25.8 Å². The molecule has 1 aliphatic rings. The second-order valence-electron chi connectivity index (χ2n) is 7.68. The molecule has 11 heteroatoms. The van der Waals surface area contributed by atoms with Crippen LogP contribution in [-0.2, 0) is 11.3 Å². The maximum atomic E-state index is 12.7. The molecular formula is C21H20N6O5. The Morgan fingerprint density at radius 1 is 1.09 bits per heavy atom. The van der Waals surface area contributed by atoms with Crippen molar-refractivity contribution < 1.29 is 14.0 Å². The molecule has 1 fully saturated rings. The van der Waals surface area contributed by atoms with Gasteiger partial charge < -0.3 is 19.6 Å². The quantitative estimate of drug-likeness (QED) is 0.494. The lowest BCUT2D eigenvalue weighted by Crippen LogP contribution is -2.39. The number of nitrogens with zero attached hydrogens (tertiary/aromatic N) is 4. The lowest BCUT2D eigenvalue weighted by molar-refractivity contribution is -0.132. The highest BCUT2D eigenvalue weighted by molar-refractivity contribution is 6.04. The zero-order valence-corrected chi connectivity index (χ0v) is 17.0. The van der Waals surface area contributed by atoms with E-state index in [4.69, 9.17) is 4.42 Å². The van der Waals surface area contributed by atoms with Gasteiger partial charge in [0.1, 0.15) is 12.1 Å². The second-order valence-corrected chi connectivity index (χ2v) is 7.68. The Morgan fingerprint density at radius 3 is 2.69 bits per heavy atom. The van der Waals surface area contributed by atoms with Gasteiger partial charge in [0.05, 0.1) is 5.52 Å². The van der Waals surface area contributed by atoms with E-state index in [0.29, 0.717) is 29.9 Å². The molecule has 0 unspecified atom stereocenters. The third-order valence-corrected chi connectivity index (χ3v) is 5.56. The van der Waals surface area contributed by atoms with Crippen LogP contribution < -0.4 is 16.6 Å². The zero-order chi connectivity index (χ0) is 22.2. The maximum absolute atomic E-state index is 12.7. The molecule has 2 amide bonds. The van der Waals surface area contributed by atoms with Gasteiger partial charge in [-0.25, -0.2) is 9.31 Å². The van der Waals surface area contributed by atoms with E-state index in [-0.39, 0.29) is 29.2 Å². The summed E-state index contributed by atoms with van der Waals surface area (Å²) in [5, 5.41) is 6.81. The summed E-state index contributed by atoms with van der Waals surface area (Å²) in [5.41, 5.74) is 1.07. The van der Waals surface area contributed by atoms with Gasteiger partial charge in [0.25, 0.3) is 11.5 Å². The summed E-state index contributed by atoms with van der Waals surface area (Å²) >= 11 is 0. The summed E-state index contributed by atoms with van der Waals surface area (Å²) in [6.45, 7) is 1.25. The first-order valence-electron chi connectivity index (χ1n) is 10.3. The molecule has 5 rings (SSSR count). The van der Waals surface area contributed by atoms with Crippen LogP contribution in [-0.4, -0.2) is 49.0 Å². The molecule has 1 saturated heterocycles. The predicted octanol–water partition coefficient (Wildman–Crippen LogP) is 1.20. The van der Waals surface area contributed by atoms with Crippen LogP contribution in [0.4, 0.5) is 5.69 Å². The number of H-pyrrole nitrogens is 1. The molecule has 32 heavy (non-hydrogen) atoms. The standard InChI is InChI=1S/C21H20N6O5/c28-18(25-7-2-1-3-8-25)12-26-15-10-13(4-5-17(15)32-21(26)31)23-19(29)14-11-16-20(30)22-6-9-27(16)24-14/h4-6,9-11H,1-3,7-8,12H2,(H,22,30)(H,23,29). The van der Waals surface area contributed by atoms with Crippen molar-refractivity contribution in [3.8, 4) is 0 Å². The van der Waals surface area contributed by atoms with E-state index in [2.05, 4.69) is 15.4 Å². The number of fused-ring (bicyclic) bond motifs is 2. The molecule has 0 radical (unpaired) electrons. The highest BCUT2D eigenvalue weighted by Crippen LogP contribution is 2.20. The van der Waals surface area contributed by atoms with E-state index in [0.717, 1.165) is 19.3 Å². The highest BCUT2D eigenvalue weighted by Gasteiger charge is 2.20. The Morgan fingerprint density at radius 2 is 1.91 bits per heavy atom. The molecule has 0 spiro atoms. The van der Waals surface area contributed by atoms with Crippen LogP contribution in [0.25, 0.3) is 16.6 Å². The summed E-state index contributed by atoms with van der Waals surface area (Å²) in [6.07, 6.45) is 5.97. The number of anilines is 1. The van der Waals surface area contributed by atoms with Crippen LogP contribution in [0.1, 0.15) is 29.8 Å². The normalized spacial score (nSPS) is 14.2. The fourth-order valence-electron chi connectivity index (χ4n) is 3.91. The number of likely N-dealkylation sites (tertiary alicyclic amines) is 1. The summed E-state index contributed by atoms with van der Waals surface area (Å²) in [6, 6.07) is 6.10. The molecule has 164 valence electrons. The third-order valence-electron chi connectivity index (χ3n) is 5.56.